The van der Waals surface area contributed by atoms with Crippen molar-refractivity contribution in [2.45, 2.75) is 30.5 Å². The lowest BCUT2D eigenvalue weighted by Crippen LogP contribution is -2.36. The van der Waals surface area contributed by atoms with Crippen LogP contribution in [0.15, 0.2) is 24.3 Å². The zero-order valence-electron chi connectivity index (χ0n) is 10.6. The first-order valence-electron chi connectivity index (χ1n) is 5.99. The summed E-state index contributed by atoms with van der Waals surface area (Å²) < 4.78 is 63.5. The molecule has 0 aromatic heterocycles. The van der Waals surface area contributed by atoms with Crippen LogP contribution < -0.4 is 5.32 Å². The highest BCUT2D eigenvalue weighted by atomic mass is 32.2. The van der Waals surface area contributed by atoms with Crippen LogP contribution in [0, 0.1) is 0 Å². The van der Waals surface area contributed by atoms with Gasteiger partial charge in [-0.3, -0.25) is 4.18 Å². The van der Waals surface area contributed by atoms with Crippen LogP contribution in [0.2, 0.25) is 0 Å². The van der Waals surface area contributed by atoms with Gasteiger partial charge in [-0.05, 0) is 24.6 Å². The summed E-state index contributed by atoms with van der Waals surface area (Å²) in [4.78, 5) is 0. The Bertz CT molecular complexity index is 586. The Kier molecular flexibility index (Phi) is 4.08. The van der Waals surface area contributed by atoms with E-state index in [-0.39, 0.29) is 18.9 Å². The van der Waals surface area contributed by atoms with Crippen molar-refractivity contribution in [1.82, 2.24) is 5.32 Å². The van der Waals surface area contributed by atoms with Gasteiger partial charge in [0.1, 0.15) is 0 Å². The molecule has 1 N–H and O–H groups in total. The summed E-state index contributed by atoms with van der Waals surface area (Å²) in [5.41, 5.74) is -3.64. The molecule has 0 aliphatic heterocycles. The molecule has 0 spiro atoms. The Morgan fingerprint density at radius 1 is 1.30 bits per heavy atom. The van der Waals surface area contributed by atoms with E-state index in [1.54, 1.807) is 19.2 Å². The fourth-order valence-electron chi connectivity index (χ4n) is 2.36. The van der Waals surface area contributed by atoms with E-state index < -0.39 is 21.7 Å². The van der Waals surface area contributed by atoms with E-state index in [4.69, 9.17) is 0 Å². The standard InChI is InChI=1S/C12H14F3NO3S/c1-16-11-7-9(19-20(17,18)12(13,14)15)6-8-4-2-3-5-10(8)11/h2-5,9,11,16H,6-7H2,1H3. The third-order valence-electron chi connectivity index (χ3n) is 3.27. The first kappa shape index (κ1) is 15.3. The molecule has 4 nitrogen and oxygen atoms in total. The van der Waals surface area contributed by atoms with Gasteiger partial charge in [-0.1, -0.05) is 24.3 Å². The van der Waals surface area contributed by atoms with Crippen molar-refractivity contribution in [3.8, 4) is 0 Å². The lowest BCUT2D eigenvalue weighted by atomic mass is 9.86. The van der Waals surface area contributed by atoms with Crippen LogP contribution in [0.4, 0.5) is 13.2 Å². The van der Waals surface area contributed by atoms with Gasteiger partial charge < -0.3 is 5.32 Å². The molecule has 0 saturated heterocycles. The average molecular weight is 309 g/mol. The van der Waals surface area contributed by atoms with Crippen LogP contribution >= 0.6 is 0 Å². The molecule has 112 valence electrons. The maximum Gasteiger partial charge on any atom is 0.523 e. The molecular weight excluding hydrogens is 295 g/mol. The highest BCUT2D eigenvalue weighted by Crippen LogP contribution is 2.34. The number of benzene rings is 1. The minimum absolute atomic E-state index is 0.143. The maximum atomic E-state index is 12.3. The molecule has 8 heteroatoms. The Labute approximate surface area is 115 Å². The van der Waals surface area contributed by atoms with E-state index >= 15 is 0 Å². The first-order valence-corrected chi connectivity index (χ1v) is 7.40. The Hall–Kier alpha value is -1.12. The topological polar surface area (TPSA) is 55.4 Å². The molecule has 2 unspecified atom stereocenters. The normalized spacial score (nSPS) is 23.4. The van der Waals surface area contributed by atoms with E-state index in [2.05, 4.69) is 9.50 Å². The van der Waals surface area contributed by atoms with Crippen LogP contribution in [0.1, 0.15) is 23.6 Å². The molecular formula is C12H14F3NO3S. The van der Waals surface area contributed by atoms with Crippen molar-refractivity contribution in [3.05, 3.63) is 35.4 Å². The van der Waals surface area contributed by atoms with Crippen molar-refractivity contribution in [3.63, 3.8) is 0 Å². The molecule has 0 bridgehead atoms. The lowest BCUT2D eigenvalue weighted by Gasteiger charge is -2.31. The maximum absolute atomic E-state index is 12.3. The number of halogens is 3. The largest absolute Gasteiger partial charge is 0.523 e. The van der Waals surface area contributed by atoms with E-state index in [9.17, 15) is 21.6 Å². The third-order valence-corrected chi connectivity index (χ3v) is 4.36. The number of fused-ring (bicyclic) bond motifs is 1. The molecule has 1 aromatic carbocycles. The zero-order valence-corrected chi connectivity index (χ0v) is 11.5. The zero-order chi connectivity index (χ0) is 15.0. The Morgan fingerprint density at radius 2 is 1.95 bits per heavy atom. The molecule has 2 rings (SSSR count). The van der Waals surface area contributed by atoms with Gasteiger partial charge in [0.05, 0.1) is 6.10 Å². The highest BCUT2D eigenvalue weighted by molar-refractivity contribution is 7.87. The number of nitrogens with one attached hydrogen (secondary N) is 1. The summed E-state index contributed by atoms with van der Waals surface area (Å²) in [5, 5.41) is 2.96. The van der Waals surface area contributed by atoms with E-state index in [1.165, 1.54) is 0 Å². The molecule has 0 radical (unpaired) electrons. The molecule has 1 aliphatic carbocycles. The fraction of sp³-hybridized carbons (Fsp3) is 0.500. The van der Waals surface area contributed by atoms with Gasteiger partial charge in [0.25, 0.3) is 0 Å². The first-order chi connectivity index (χ1) is 9.24. The summed E-state index contributed by atoms with van der Waals surface area (Å²) in [6, 6.07) is 6.98. The van der Waals surface area contributed by atoms with E-state index in [1.807, 2.05) is 12.1 Å². The molecule has 0 saturated carbocycles. The fourth-order valence-corrected chi connectivity index (χ4v) is 2.97. The van der Waals surface area contributed by atoms with E-state index in [0.717, 1.165) is 11.1 Å². The van der Waals surface area contributed by atoms with Gasteiger partial charge in [-0.2, -0.15) is 21.6 Å². The smallest absolute Gasteiger partial charge is 0.313 e. The van der Waals surface area contributed by atoms with Gasteiger partial charge in [0.2, 0.25) is 0 Å². The van der Waals surface area contributed by atoms with Crippen LogP contribution in [0.3, 0.4) is 0 Å². The van der Waals surface area contributed by atoms with Crippen LogP contribution in [0.5, 0.6) is 0 Å². The second-order valence-corrected chi connectivity index (χ2v) is 6.16. The minimum atomic E-state index is -5.56. The van der Waals surface area contributed by atoms with Crippen LogP contribution in [-0.2, 0) is 20.7 Å². The van der Waals surface area contributed by atoms with Crippen molar-refractivity contribution in [1.29, 1.82) is 0 Å². The van der Waals surface area contributed by atoms with Crippen molar-refractivity contribution in [2.75, 3.05) is 7.05 Å². The van der Waals surface area contributed by atoms with Gasteiger partial charge in [-0.25, -0.2) is 0 Å². The van der Waals surface area contributed by atoms with Gasteiger partial charge in [0, 0.05) is 12.5 Å². The predicted octanol–water partition coefficient (Wildman–Crippen LogP) is 2.13. The van der Waals surface area contributed by atoms with E-state index in [0.29, 0.717) is 0 Å². The van der Waals surface area contributed by atoms with Gasteiger partial charge in [0.15, 0.2) is 0 Å². The second-order valence-electron chi connectivity index (χ2n) is 4.60. The predicted molar refractivity (Wildman–Crippen MR) is 66.4 cm³/mol. The highest BCUT2D eigenvalue weighted by Gasteiger charge is 2.49. The summed E-state index contributed by atoms with van der Waals surface area (Å²) in [6.07, 6.45) is -0.707. The van der Waals surface area contributed by atoms with Crippen LogP contribution in [0.25, 0.3) is 0 Å². The molecule has 0 amide bonds. The summed E-state index contributed by atoms with van der Waals surface area (Å²) >= 11 is 0. The average Bonchev–Trinajstić information content (AvgIpc) is 2.36. The molecule has 20 heavy (non-hydrogen) atoms. The van der Waals surface area contributed by atoms with Gasteiger partial charge in [-0.15, -0.1) is 0 Å². The second kappa shape index (κ2) is 5.34. The monoisotopic (exact) mass is 309 g/mol. The Balaban J connectivity index is 2.22. The quantitative estimate of drug-likeness (QED) is 0.686. The number of alkyl halides is 3. The van der Waals surface area contributed by atoms with Crippen molar-refractivity contribution < 1.29 is 25.8 Å². The molecule has 0 heterocycles. The lowest BCUT2D eigenvalue weighted by molar-refractivity contribution is -0.0581. The van der Waals surface area contributed by atoms with Crippen molar-refractivity contribution >= 4 is 10.1 Å². The van der Waals surface area contributed by atoms with Crippen molar-refractivity contribution in [2.24, 2.45) is 0 Å². The summed E-state index contributed by atoms with van der Waals surface area (Å²) in [6.45, 7) is 0. The molecule has 2 atom stereocenters. The molecule has 1 aromatic rings. The summed E-state index contributed by atoms with van der Waals surface area (Å²) in [7, 11) is -3.89. The number of hydrogen-bond donors (Lipinski definition) is 1. The third kappa shape index (κ3) is 2.97. The van der Waals surface area contributed by atoms with Gasteiger partial charge >= 0.3 is 15.6 Å². The SMILES string of the molecule is CNC1CC(OS(=O)(=O)C(F)(F)F)Cc2ccccc21. The van der Waals surface area contributed by atoms with Crippen LogP contribution in [-0.4, -0.2) is 27.1 Å². The number of rotatable bonds is 3. The number of hydrogen-bond acceptors (Lipinski definition) is 4. The minimum Gasteiger partial charge on any atom is -0.313 e. The summed E-state index contributed by atoms with van der Waals surface area (Å²) in [5.74, 6) is 0. The molecule has 1 aliphatic rings. The molecule has 0 fully saturated rings. The Morgan fingerprint density at radius 3 is 2.55 bits per heavy atom.